The lowest BCUT2D eigenvalue weighted by Gasteiger charge is -2.23. The highest BCUT2D eigenvalue weighted by atomic mass is 19.4. The Morgan fingerprint density at radius 3 is 2.12 bits per heavy atom. The van der Waals surface area contributed by atoms with Gasteiger partial charge >= 0.3 is 12.1 Å². The summed E-state index contributed by atoms with van der Waals surface area (Å²) in [7, 11) is 0. The standard InChI is InChI=1S/C23H25F3N2O4/c1-14(27-21(31)22(2,3)4)20(30)32-18(15-9-6-5-7-10-15)19(29)28-17-12-8-11-16(13-17)23(24,25)26/h5-14,18H,1-4H3,(H,27,31)(H,28,29)/t14-,18+/m0/s1. The van der Waals surface area contributed by atoms with Gasteiger partial charge in [0.25, 0.3) is 5.91 Å². The van der Waals surface area contributed by atoms with E-state index in [-0.39, 0.29) is 11.6 Å². The largest absolute Gasteiger partial charge is 0.446 e. The van der Waals surface area contributed by atoms with Gasteiger partial charge in [0, 0.05) is 16.7 Å². The van der Waals surface area contributed by atoms with Crippen LogP contribution in [0.3, 0.4) is 0 Å². The van der Waals surface area contributed by atoms with E-state index in [1.165, 1.54) is 13.0 Å². The van der Waals surface area contributed by atoms with Gasteiger partial charge in [-0.25, -0.2) is 4.79 Å². The summed E-state index contributed by atoms with van der Waals surface area (Å²) in [6.45, 7) is 6.44. The summed E-state index contributed by atoms with van der Waals surface area (Å²) in [5.41, 5.74) is -1.45. The maximum Gasteiger partial charge on any atom is 0.416 e. The van der Waals surface area contributed by atoms with Gasteiger partial charge in [-0.2, -0.15) is 13.2 Å². The van der Waals surface area contributed by atoms with E-state index in [2.05, 4.69) is 10.6 Å². The van der Waals surface area contributed by atoms with E-state index < -0.39 is 41.2 Å². The van der Waals surface area contributed by atoms with Crippen molar-refractivity contribution in [2.75, 3.05) is 5.32 Å². The van der Waals surface area contributed by atoms with Gasteiger partial charge in [0.2, 0.25) is 12.0 Å². The first-order chi connectivity index (χ1) is 14.8. The number of esters is 1. The van der Waals surface area contributed by atoms with Crippen molar-refractivity contribution in [3.05, 3.63) is 65.7 Å². The molecule has 0 aromatic heterocycles. The number of amides is 2. The number of benzene rings is 2. The van der Waals surface area contributed by atoms with Crippen LogP contribution in [-0.2, 0) is 25.3 Å². The molecule has 0 saturated heterocycles. The van der Waals surface area contributed by atoms with Crippen molar-refractivity contribution >= 4 is 23.5 Å². The van der Waals surface area contributed by atoms with E-state index in [0.29, 0.717) is 5.56 Å². The Kier molecular flexibility index (Phi) is 7.66. The zero-order valence-electron chi connectivity index (χ0n) is 18.1. The number of ether oxygens (including phenoxy) is 1. The Hall–Kier alpha value is -3.36. The van der Waals surface area contributed by atoms with E-state index >= 15 is 0 Å². The lowest BCUT2D eigenvalue weighted by molar-refractivity contribution is -0.157. The Morgan fingerprint density at radius 1 is 0.938 bits per heavy atom. The van der Waals surface area contributed by atoms with Crippen LogP contribution in [0.25, 0.3) is 0 Å². The Morgan fingerprint density at radius 2 is 1.56 bits per heavy atom. The highest BCUT2D eigenvalue weighted by Gasteiger charge is 2.32. The molecule has 0 aliphatic heterocycles. The maximum absolute atomic E-state index is 13.0. The molecule has 2 aromatic carbocycles. The molecule has 9 heteroatoms. The van der Waals surface area contributed by atoms with Crippen LogP contribution in [0.4, 0.5) is 18.9 Å². The Bertz CT molecular complexity index is 969. The molecule has 32 heavy (non-hydrogen) atoms. The molecule has 2 rings (SSSR count). The third-order valence-corrected chi connectivity index (χ3v) is 4.41. The highest BCUT2D eigenvalue weighted by Crippen LogP contribution is 2.31. The van der Waals surface area contributed by atoms with Crippen LogP contribution in [0.15, 0.2) is 54.6 Å². The van der Waals surface area contributed by atoms with Crippen LogP contribution in [-0.4, -0.2) is 23.8 Å². The van der Waals surface area contributed by atoms with Gasteiger partial charge in [0.1, 0.15) is 6.04 Å². The van der Waals surface area contributed by atoms with Gasteiger partial charge in [-0.15, -0.1) is 0 Å². The van der Waals surface area contributed by atoms with Crippen molar-refractivity contribution in [3.63, 3.8) is 0 Å². The number of nitrogens with one attached hydrogen (secondary N) is 2. The average molecular weight is 450 g/mol. The molecule has 0 aliphatic carbocycles. The van der Waals surface area contributed by atoms with Crippen LogP contribution in [0.2, 0.25) is 0 Å². The first-order valence-electron chi connectivity index (χ1n) is 9.83. The molecular weight excluding hydrogens is 425 g/mol. The molecule has 0 heterocycles. The number of anilines is 1. The summed E-state index contributed by atoms with van der Waals surface area (Å²) in [6.07, 6.45) is -6.01. The number of rotatable bonds is 6. The number of hydrogen-bond acceptors (Lipinski definition) is 4. The fourth-order valence-corrected chi connectivity index (χ4v) is 2.57. The van der Waals surface area contributed by atoms with Crippen LogP contribution in [0, 0.1) is 5.41 Å². The highest BCUT2D eigenvalue weighted by molar-refractivity contribution is 5.96. The minimum atomic E-state index is -4.58. The SMILES string of the molecule is C[C@H](NC(=O)C(C)(C)C)C(=O)O[C@@H](C(=O)Nc1cccc(C(F)(F)F)c1)c1ccccc1. The predicted molar refractivity (Wildman–Crippen MR) is 112 cm³/mol. The monoisotopic (exact) mass is 450 g/mol. The molecule has 2 atom stereocenters. The van der Waals surface area contributed by atoms with Crippen LogP contribution >= 0.6 is 0 Å². The lowest BCUT2D eigenvalue weighted by Crippen LogP contribution is -2.45. The molecule has 2 N–H and O–H groups in total. The van der Waals surface area contributed by atoms with Crippen molar-refractivity contribution in [1.29, 1.82) is 0 Å². The van der Waals surface area contributed by atoms with Crippen molar-refractivity contribution in [1.82, 2.24) is 5.32 Å². The minimum absolute atomic E-state index is 0.101. The Labute approximate surface area is 184 Å². The second kappa shape index (κ2) is 9.84. The number of carbonyl (C=O) groups is 3. The smallest absolute Gasteiger partial charge is 0.416 e. The average Bonchev–Trinajstić information content (AvgIpc) is 2.71. The number of halogens is 3. The van der Waals surface area contributed by atoms with Crippen LogP contribution < -0.4 is 10.6 Å². The van der Waals surface area contributed by atoms with Gasteiger partial charge < -0.3 is 15.4 Å². The first kappa shape index (κ1) is 24.9. The Balaban J connectivity index is 2.22. The normalized spacial score (nSPS) is 13.6. The predicted octanol–water partition coefficient (Wildman–Crippen LogP) is 4.48. The second-order valence-corrected chi connectivity index (χ2v) is 8.24. The van der Waals surface area contributed by atoms with E-state index in [9.17, 15) is 27.6 Å². The molecule has 0 radical (unpaired) electrons. The van der Waals surface area contributed by atoms with Crippen LogP contribution in [0.5, 0.6) is 0 Å². The van der Waals surface area contributed by atoms with Gasteiger partial charge in [0.15, 0.2) is 0 Å². The summed E-state index contributed by atoms with van der Waals surface area (Å²) < 4.78 is 44.2. The van der Waals surface area contributed by atoms with Crippen molar-refractivity contribution in [2.45, 2.75) is 46.0 Å². The summed E-state index contributed by atoms with van der Waals surface area (Å²) in [6, 6.07) is 11.1. The van der Waals surface area contributed by atoms with Crippen molar-refractivity contribution in [2.24, 2.45) is 5.41 Å². The molecule has 2 amide bonds. The van der Waals surface area contributed by atoms with Gasteiger partial charge in [0.05, 0.1) is 5.56 Å². The van der Waals surface area contributed by atoms with Crippen LogP contribution in [0.1, 0.15) is 44.9 Å². The number of alkyl halides is 3. The van der Waals surface area contributed by atoms with Crippen molar-refractivity contribution < 1.29 is 32.3 Å². The van der Waals surface area contributed by atoms with Gasteiger partial charge in [-0.05, 0) is 25.1 Å². The number of carbonyl (C=O) groups excluding carboxylic acids is 3. The zero-order chi connectivity index (χ0) is 24.1. The van der Waals surface area contributed by atoms with E-state index in [1.54, 1.807) is 51.1 Å². The topological polar surface area (TPSA) is 84.5 Å². The summed E-state index contributed by atoms with van der Waals surface area (Å²) in [5.74, 6) is -2.08. The zero-order valence-corrected chi connectivity index (χ0v) is 18.1. The summed E-state index contributed by atoms with van der Waals surface area (Å²) in [4.78, 5) is 37.6. The first-order valence-corrected chi connectivity index (χ1v) is 9.83. The molecule has 0 bridgehead atoms. The number of hydrogen-bond donors (Lipinski definition) is 2. The van der Waals surface area contributed by atoms with Gasteiger partial charge in [-0.1, -0.05) is 57.2 Å². The molecule has 0 unspecified atom stereocenters. The van der Waals surface area contributed by atoms with E-state index in [1.807, 2.05) is 0 Å². The van der Waals surface area contributed by atoms with Crippen molar-refractivity contribution in [3.8, 4) is 0 Å². The fraction of sp³-hybridized carbons (Fsp3) is 0.348. The second-order valence-electron chi connectivity index (χ2n) is 8.24. The molecule has 0 fully saturated rings. The molecule has 172 valence electrons. The third-order valence-electron chi connectivity index (χ3n) is 4.41. The molecule has 0 spiro atoms. The quantitative estimate of drug-likeness (QED) is 0.636. The molecule has 6 nitrogen and oxygen atoms in total. The molecule has 0 saturated carbocycles. The minimum Gasteiger partial charge on any atom is -0.446 e. The molecular formula is C23H25F3N2O4. The fourth-order valence-electron chi connectivity index (χ4n) is 2.57. The lowest BCUT2D eigenvalue weighted by atomic mass is 9.95. The summed E-state index contributed by atoms with van der Waals surface area (Å²) >= 11 is 0. The van der Waals surface area contributed by atoms with E-state index in [0.717, 1.165) is 18.2 Å². The van der Waals surface area contributed by atoms with E-state index in [4.69, 9.17) is 4.74 Å². The third kappa shape index (κ3) is 6.83. The molecule has 0 aliphatic rings. The molecule has 2 aromatic rings. The summed E-state index contributed by atoms with van der Waals surface area (Å²) in [5, 5.41) is 4.88. The van der Waals surface area contributed by atoms with Gasteiger partial charge in [-0.3, -0.25) is 9.59 Å². The maximum atomic E-state index is 13.0.